The van der Waals surface area contributed by atoms with E-state index in [2.05, 4.69) is 9.71 Å². The lowest BCUT2D eigenvalue weighted by Gasteiger charge is -2.05. The van der Waals surface area contributed by atoms with Crippen molar-refractivity contribution in [3.8, 4) is 0 Å². The highest BCUT2D eigenvalue weighted by Gasteiger charge is 1.99. The largest absolute Gasteiger partial charge is 0.265 e. The Morgan fingerprint density at radius 2 is 2.00 bits per heavy atom. The van der Waals surface area contributed by atoms with Crippen LogP contribution in [0.5, 0.6) is 0 Å². The summed E-state index contributed by atoms with van der Waals surface area (Å²) in [6, 6.07) is 9.02. The topological polar surface area (TPSA) is 24.9 Å². The Balaban J connectivity index is 1.88. The maximum absolute atomic E-state index is 13.0. The minimum absolute atomic E-state index is 0.163. The van der Waals surface area contributed by atoms with Crippen molar-refractivity contribution in [1.82, 2.24) is 9.71 Å². The summed E-state index contributed by atoms with van der Waals surface area (Å²) in [5.74, 6) is -0.163. The zero-order valence-electron chi connectivity index (χ0n) is 9.48. The molecule has 0 aliphatic carbocycles. The van der Waals surface area contributed by atoms with E-state index in [1.54, 1.807) is 25.4 Å². The molecular weight excluding hydrogens is 235 g/mol. The standard InChI is InChI=1S/C13H13FN2S/c1-10-8-12(2-3-13(10)14)17-16-9-11-4-6-15-7-5-11/h2-8,16H,9H2,1H3. The highest BCUT2D eigenvalue weighted by atomic mass is 32.2. The number of hydrogen-bond donors (Lipinski definition) is 1. The number of aryl methyl sites for hydroxylation is 1. The molecular formula is C13H13FN2S. The molecule has 4 heteroatoms. The quantitative estimate of drug-likeness (QED) is 0.840. The zero-order valence-corrected chi connectivity index (χ0v) is 10.3. The predicted octanol–water partition coefficient (Wildman–Crippen LogP) is 3.33. The molecule has 0 aliphatic heterocycles. The van der Waals surface area contributed by atoms with E-state index in [4.69, 9.17) is 0 Å². The van der Waals surface area contributed by atoms with Crippen LogP contribution in [0.1, 0.15) is 11.1 Å². The lowest BCUT2D eigenvalue weighted by molar-refractivity contribution is 0.617. The van der Waals surface area contributed by atoms with Gasteiger partial charge in [0, 0.05) is 23.8 Å². The number of nitrogens with zero attached hydrogens (tertiary/aromatic N) is 1. The molecule has 17 heavy (non-hydrogen) atoms. The van der Waals surface area contributed by atoms with Crippen molar-refractivity contribution in [2.75, 3.05) is 0 Å². The van der Waals surface area contributed by atoms with Gasteiger partial charge in [0.2, 0.25) is 0 Å². The van der Waals surface area contributed by atoms with Crippen molar-refractivity contribution in [2.24, 2.45) is 0 Å². The number of hydrogen-bond acceptors (Lipinski definition) is 3. The molecule has 0 amide bonds. The minimum atomic E-state index is -0.163. The molecule has 0 radical (unpaired) electrons. The molecule has 0 aliphatic rings. The first-order valence-electron chi connectivity index (χ1n) is 5.30. The number of halogens is 1. The summed E-state index contributed by atoms with van der Waals surface area (Å²) in [5, 5.41) is 0. The first-order valence-corrected chi connectivity index (χ1v) is 6.12. The summed E-state index contributed by atoms with van der Waals surface area (Å²) in [7, 11) is 0. The zero-order chi connectivity index (χ0) is 12.1. The molecule has 1 aromatic heterocycles. The van der Waals surface area contributed by atoms with Crippen molar-refractivity contribution in [3.63, 3.8) is 0 Å². The third kappa shape index (κ3) is 3.54. The van der Waals surface area contributed by atoms with Gasteiger partial charge >= 0.3 is 0 Å². The van der Waals surface area contributed by atoms with Crippen LogP contribution < -0.4 is 4.72 Å². The fraction of sp³-hybridized carbons (Fsp3) is 0.154. The van der Waals surface area contributed by atoms with E-state index in [0.29, 0.717) is 5.56 Å². The molecule has 0 saturated carbocycles. The van der Waals surface area contributed by atoms with Gasteiger partial charge in [-0.05, 0) is 60.3 Å². The highest BCUT2D eigenvalue weighted by molar-refractivity contribution is 7.97. The Hall–Kier alpha value is -1.39. The lowest BCUT2D eigenvalue weighted by atomic mass is 10.2. The molecule has 0 bridgehead atoms. The van der Waals surface area contributed by atoms with Crippen LogP contribution >= 0.6 is 11.9 Å². The van der Waals surface area contributed by atoms with Gasteiger partial charge < -0.3 is 0 Å². The van der Waals surface area contributed by atoms with E-state index in [0.717, 1.165) is 11.4 Å². The van der Waals surface area contributed by atoms with Crippen LogP contribution in [0.3, 0.4) is 0 Å². The molecule has 2 nitrogen and oxygen atoms in total. The van der Waals surface area contributed by atoms with Crippen molar-refractivity contribution in [3.05, 3.63) is 59.7 Å². The van der Waals surface area contributed by atoms with E-state index < -0.39 is 0 Å². The summed E-state index contributed by atoms with van der Waals surface area (Å²) in [6.07, 6.45) is 3.54. The fourth-order valence-corrected chi connectivity index (χ4v) is 2.16. The van der Waals surface area contributed by atoms with Crippen molar-refractivity contribution >= 4 is 11.9 Å². The van der Waals surface area contributed by atoms with Crippen LogP contribution in [0.25, 0.3) is 0 Å². The van der Waals surface area contributed by atoms with Gasteiger partial charge in [-0.3, -0.25) is 9.71 Å². The van der Waals surface area contributed by atoms with Crippen LogP contribution in [0.2, 0.25) is 0 Å². The average Bonchev–Trinajstić information content (AvgIpc) is 2.35. The number of pyridine rings is 1. The Labute approximate surface area is 104 Å². The van der Waals surface area contributed by atoms with Crippen molar-refractivity contribution in [1.29, 1.82) is 0 Å². The number of rotatable bonds is 4. The first kappa shape index (κ1) is 12.1. The van der Waals surface area contributed by atoms with E-state index >= 15 is 0 Å². The third-order valence-corrected chi connectivity index (χ3v) is 3.12. The monoisotopic (exact) mass is 248 g/mol. The molecule has 1 N–H and O–H groups in total. The predicted molar refractivity (Wildman–Crippen MR) is 68.1 cm³/mol. The normalized spacial score (nSPS) is 10.5. The summed E-state index contributed by atoms with van der Waals surface area (Å²) in [6.45, 7) is 2.52. The molecule has 88 valence electrons. The molecule has 0 saturated heterocycles. The Bertz CT molecular complexity index is 488. The summed E-state index contributed by atoms with van der Waals surface area (Å²) < 4.78 is 16.3. The first-order chi connectivity index (χ1) is 8.25. The van der Waals surface area contributed by atoms with Gasteiger partial charge in [-0.1, -0.05) is 0 Å². The van der Waals surface area contributed by atoms with Crippen LogP contribution in [0.15, 0.2) is 47.6 Å². The molecule has 2 aromatic rings. The molecule has 0 spiro atoms. The summed E-state index contributed by atoms with van der Waals surface area (Å²) in [5.41, 5.74) is 1.84. The second-order valence-corrected chi connectivity index (χ2v) is 4.65. The minimum Gasteiger partial charge on any atom is -0.265 e. The Morgan fingerprint density at radius 1 is 1.24 bits per heavy atom. The maximum atomic E-state index is 13.0. The number of nitrogens with one attached hydrogen (secondary N) is 1. The Morgan fingerprint density at radius 3 is 2.71 bits per heavy atom. The van der Waals surface area contributed by atoms with E-state index in [9.17, 15) is 4.39 Å². The second kappa shape index (κ2) is 5.80. The number of benzene rings is 1. The van der Waals surface area contributed by atoms with Gasteiger partial charge in [0.25, 0.3) is 0 Å². The molecule has 0 atom stereocenters. The van der Waals surface area contributed by atoms with Crippen molar-refractivity contribution < 1.29 is 4.39 Å². The number of aromatic nitrogens is 1. The van der Waals surface area contributed by atoms with Gasteiger partial charge in [0.05, 0.1) is 0 Å². The van der Waals surface area contributed by atoms with Crippen molar-refractivity contribution in [2.45, 2.75) is 18.4 Å². The van der Waals surface area contributed by atoms with E-state index in [1.165, 1.54) is 23.6 Å². The molecule has 0 unspecified atom stereocenters. The van der Waals surface area contributed by atoms with Crippen LogP contribution in [0.4, 0.5) is 4.39 Å². The van der Waals surface area contributed by atoms with Gasteiger partial charge in [-0.15, -0.1) is 0 Å². The summed E-state index contributed by atoms with van der Waals surface area (Å²) in [4.78, 5) is 4.97. The molecule has 1 heterocycles. The highest BCUT2D eigenvalue weighted by Crippen LogP contribution is 2.18. The van der Waals surface area contributed by atoms with Gasteiger partial charge in [-0.2, -0.15) is 0 Å². The SMILES string of the molecule is Cc1cc(SNCc2ccncc2)ccc1F. The average molecular weight is 248 g/mol. The fourth-order valence-electron chi connectivity index (χ4n) is 1.38. The van der Waals surface area contributed by atoms with Gasteiger partial charge in [-0.25, -0.2) is 4.39 Å². The molecule has 1 aromatic carbocycles. The molecule has 0 fully saturated rings. The third-order valence-electron chi connectivity index (χ3n) is 2.35. The smallest absolute Gasteiger partial charge is 0.126 e. The molecule has 2 rings (SSSR count). The van der Waals surface area contributed by atoms with Crippen LogP contribution in [0, 0.1) is 12.7 Å². The van der Waals surface area contributed by atoms with Crippen LogP contribution in [-0.2, 0) is 6.54 Å². The van der Waals surface area contributed by atoms with Crippen LogP contribution in [-0.4, -0.2) is 4.98 Å². The Kier molecular flexibility index (Phi) is 4.12. The van der Waals surface area contributed by atoms with E-state index in [-0.39, 0.29) is 5.82 Å². The van der Waals surface area contributed by atoms with Gasteiger partial charge in [0.1, 0.15) is 5.82 Å². The lowest BCUT2D eigenvalue weighted by Crippen LogP contribution is -2.02. The second-order valence-electron chi connectivity index (χ2n) is 3.69. The van der Waals surface area contributed by atoms with Gasteiger partial charge in [0.15, 0.2) is 0 Å². The summed E-state index contributed by atoms with van der Waals surface area (Å²) >= 11 is 1.50. The maximum Gasteiger partial charge on any atom is 0.126 e. The van der Waals surface area contributed by atoms with E-state index in [1.807, 2.05) is 18.2 Å².